The molecule has 3 N–H and O–H groups in total. The van der Waals surface area contributed by atoms with E-state index in [4.69, 9.17) is 17.0 Å². The zero-order valence-corrected chi connectivity index (χ0v) is 15.4. The Morgan fingerprint density at radius 2 is 1.74 bits per heavy atom. The van der Waals surface area contributed by atoms with Crippen LogP contribution in [0, 0.1) is 0 Å². The van der Waals surface area contributed by atoms with Crippen molar-refractivity contribution in [3.8, 4) is 11.5 Å². The molecule has 0 radical (unpaired) electrons. The SMILES string of the molecule is COc1ccc(/C=C/C(=O)NC(=S)Nc2cccc3c(O)cccc23)cc1. The number of nitrogens with one attached hydrogen (secondary N) is 2. The molecule has 3 rings (SSSR count). The Balaban J connectivity index is 1.64. The van der Waals surface area contributed by atoms with Crippen molar-refractivity contribution in [1.29, 1.82) is 0 Å². The van der Waals surface area contributed by atoms with Gasteiger partial charge in [0.15, 0.2) is 5.11 Å². The Morgan fingerprint density at radius 3 is 2.48 bits per heavy atom. The van der Waals surface area contributed by atoms with Crippen LogP contribution in [0.25, 0.3) is 16.8 Å². The number of benzene rings is 3. The van der Waals surface area contributed by atoms with E-state index in [9.17, 15) is 9.90 Å². The number of carbonyl (C=O) groups excluding carboxylic acids is 1. The quantitative estimate of drug-likeness (QED) is 0.471. The van der Waals surface area contributed by atoms with Crippen molar-refractivity contribution in [3.63, 3.8) is 0 Å². The minimum absolute atomic E-state index is 0.176. The van der Waals surface area contributed by atoms with Crippen molar-refractivity contribution in [2.24, 2.45) is 0 Å². The van der Waals surface area contributed by atoms with Gasteiger partial charge in [-0.15, -0.1) is 0 Å². The fourth-order valence-electron chi connectivity index (χ4n) is 2.60. The van der Waals surface area contributed by atoms with E-state index in [-0.39, 0.29) is 16.8 Å². The third-order valence-corrected chi connectivity index (χ3v) is 4.13. The van der Waals surface area contributed by atoms with Gasteiger partial charge in [0.25, 0.3) is 0 Å². The van der Waals surface area contributed by atoms with Gasteiger partial charge in [-0.05, 0) is 48.1 Å². The van der Waals surface area contributed by atoms with Crippen molar-refractivity contribution >= 4 is 45.8 Å². The summed E-state index contributed by atoms with van der Waals surface area (Å²) in [6.45, 7) is 0. The Kier molecular flexibility index (Phi) is 5.68. The summed E-state index contributed by atoms with van der Waals surface area (Å²) in [4.78, 5) is 12.1. The lowest BCUT2D eigenvalue weighted by Gasteiger charge is -2.11. The minimum atomic E-state index is -0.341. The third-order valence-electron chi connectivity index (χ3n) is 3.93. The van der Waals surface area contributed by atoms with Crippen LogP contribution in [0.15, 0.2) is 66.7 Å². The van der Waals surface area contributed by atoms with Crippen LogP contribution in [-0.2, 0) is 4.79 Å². The lowest BCUT2D eigenvalue weighted by Crippen LogP contribution is -2.32. The molecule has 3 aromatic carbocycles. The molecule has 6 heteroatoms. The molecule has 0 aliphatic carbocycles. The summed E-state index contributed by atoms with van der Waals surface area (Å²) in [5.74, 6) is 0.600. The molecule has 0 heterocycles. The molecule has 0 spiro atoms. The Bertz CT molecular complexity index is 1010. The van der Waals surface area contributed by atoms with Crippen LogP contribution in [0.1, 0.15) is 5.56 Å². The smallest absolute Gasteiger partial charge is 0.250 e. The number of thiocarbonyl (C=S) groups is 1. The highest BCUT2D eigenvalue weighted by Crippen LogP contribution is 2.29. The van der Waals surface area contributed by atoms with E-state index in [1.54, 1.807) is 31.4 Å². The van der Waals surface area contributed by atoms with E-state index in [0.29, 0.717) is 11.1 Å². The molecule has 1 amide bonds. The van der Waals surface area contributed by atoms with Crippen LogP contribution in [0.2, 0.25) is 0 Å². The highest BCUT2D eigenvalue weighted by atomic mass is 32.1. The lowest BCUT2D eigenvalue weighted by molar-refractivity contribution is -0.115. The topological polar surface area (TPSA) is 70.6 Å². The number of carbonyl (C=O) groups is 1. The predicted octanol–water partition coefficient (Wildman–Crippen LogP) is 4.08. The van der Waals surface area contributed by atoms with Gasteiger partial charge in [0.2, 0.25) is 5.91 Å². The summed E-state index contributed by atoms with van der Waals surface area (Å²) >= 11 is 5.22. The van der Waals surface area contributed by atoms with E-state index in [1.807, 2.05) is 42.5 Å². The van der Waals surface area contributed by atoms with Gasteiger partial charge in [0.1, 0.15) is 11.5 Å². The molecule has 0 saturated carbocycles. The first-order valence-electron chi connectivity index (χ1n) is 8.21. The second kappa shape index (κ2) is 8.33. The largest absolute Gasteiger partial charge is 0.507 e. The number of hydrogen-bond acceptors (Lipinski definition) is 4. The van der Waals surface area contributed by atoms with Crippen molar-refractivity contribution in [1.82, 2.24) is 5.32 Å². The molecule has 5 nitrogen and oxygen atoms in total. The maximum atomic E-state index is 12.1. The van der Waals surface area contributed by atoms with Gasteiger partial charge in [-0.1, -0.05) is 36.4 Å². The number of phenolic OH excluding ortho intramolecular Hbond substituents is 1. The highest BCUT2D eigenvalue weighted by Gasteiger charge is 2.07. The van der Waals surface area contributed by atoms with Gasteiger partial charge in [-0.25, -0.2) is 0 Å². The number of hydrogen-bond donors (Lipinski definition) is 3. The lowest BCUT2D eigenvalue weighted by atomic mass is 10.1. The zero-order chi connectivity index (χ0) is 19.2. The van der Waals surface area contributed by atoms with E-state index in [2.05, 4.69) is 10.6 Å². The summed E-state index contributed by atoms with van der Waals surface area (Å²) in [7, 11) is 1.60. The fraction of sp³-hybridized carbons (Fsp3) is 0.0476. The van der Waals surface area contributed by atoms with Gasteiger partial charge in [0.05, 0.1) is 7.11 Å². The van der Waals surface area contributed by atoms with Crippen molar-refractivity contribution < 1.29 is 14.6 Å². The number of ether oxygens (including phenoxy) is 1. The first kappa shape index (κ1) is 18.4. The number of rotatable bonds is 4. The Hall–Kier alpha value is -3.38. The molecule has 0 saturated heterocycles. The molecule has 0 fully saturated rings. The molecule has 3 aromatic rings. The fourth-order valence-corrected chi connectivity index (χ4v) is 2.81. The van der Waals surface area contributed by atoms with Gasteiger partial charge < -0.3 is 15.2 Å². The average Bonchev–Trinajstić information content (AvgIpc) is 2.67. The first-order chi connectivity index (χ1) is 13.1. The number of methoxy groups -OCH3 is 1. The zero-order valence-electron chi connectivity index (χ0n) is 14.6. The van der Waals surface area contributed by atoms with Crippen LogP contribution >= 0.6 is 12.2 Å². The summed E-state index contributed by atoms with van der Waals surface area (Å²) in [6.07, 6.45) is 3.10. The number of anilines is 1. The third kappa shape index (κ3) is 4.62. The van der Waals surface area contributed by atoms with Crippen LogP contribution in [0.4, 0.5) is 5.69 Å². The van der Waals surface area contributed by atoms with Crippen LogP contribution < -0.4 is 15.4 Å². The van der Waals surface area contributed by atoms with Gasteiger partial charge in [0, 0.05) is 22.5 Å². The van der Waals surface area contributed by atoms with Crippen molar-refractivity contribution in [2.45, 2.75) is 0 Å². The van der Waals surface area contributed by atoms with E-state index in [0.717, 1.165) is 16.7 Å². The maximum Gasteiger partial charge on any atom is 0.250 e. The van der Waals surface area contributed by atoms with E-state index in [1.165, 1.54) is 6.08 Å². The Labute approximate surface area is 162 Å². The molecule has 27 heavy (non-hydrogen) atoms. The van der Waals surface area contributed by atoms with Crippen molar-refractivity contribution in [3.05, 3.63) is 72.3 Å². The number of fused-ring (bicyclic) bond motifs is 1. The van der Waals surface area contributed by atoms with E-state index >= 15 is 0 Å². The second-order valence-corrected chi connectivity index (χ2v) is 6.14. The van der Waals surface area contributed by atoms with Crippen LogP contribution in [0.3, 0.4) is 0 Å². The molecular weight excluding hydrogens is 360 g/mol. The molecule has 0 atom stereocenters. The number of aromatic hydroxyl groups is 1. The minimum Gasteiger partial charge on any atom is -0.507 e. The summed E-state index contributed by atoms with van der Waals surface area (Å²) in [6, 6.07) is 18.0. The number of phenols is 1. The van der Waals surface area contributed by atoms with Crippen LogP contribution in [0.5, 0.6) is 11.5 Å². The molecule has 0 unspecified atom stereocenters. The standard InChI is InChI=1S/C21H18N2O3S/c1-26-15-11-8-14(9-12-15)10-13-20(25)23-21(27)22-18-6-2-5-17-16(18)4-3-7-19(17)24/h2-13,24H,1H3,(H2,22,23,25,27)/b13-10+. The highest BCUT2D eigenvalue weighted by molar-refractivity contribution is 7.80. The van der Waals surface area contributed by atoms with Crippen LogP contribution in [-0.4, -0.2) is 23.2 Å². The molecule has 0 aromatic heterocycles. The molecule has 136 valence electrons. The monoisotopic (exact) mass is 378 g/mol. The summed E-state index contributed by atoms with van der Waals surface area (Å²) in [5, 5.41) is 17.2. The first-order valence-corrected chi connectivity index (χ1v) is 8.62. The van der Waals surface area contributed by atoms with Gasteiger partial charge >= 0.3 is 0 Å². The summed E-state index contributed by atoms with van der Waals surface area (Å²) in [5.41, 5.74) is 1.57. The molecule has 0 bridgehead atoms. The second-order valence-electron chi connectivity index (χ2n) is 5.73. The predicted molar refractivity (Wildman–Crippen MR) is 112 cm³/mol. The molecule has 0 aliphatic rings. The summed E-state index contributed by atoms with van der Waals surface area (Å²) < 4.78 is 5.10. The maximum absolute atomic E-state index is 12.1. The van der Waals surface area contributed by atoms with Crippen molar-refractivity contribution in [2.75, 3.05) is 12.4 Å². The Morgan fingerprint density at radius 1 is 1.04 bits per heavy atom. The van der Waals surface area contributed by atoms with E-state index < -0.39 is 0 Å². The average molecular weight is 378 g/mol. The molecular formula is C21H18N2O3S. The van der Waals surface area contributed by atoms with Gasteiger partial charge in [-0.2, -0.15) is 0 Å². The normalized spacial score (nSPS) is 10.7. The van der Waals surface area contributed by atoms with Gasteiger partial charge in [-0.3, -0.25) is 10.1 Å². The molecule has 0 aliphatic heterocycles. The number of amides is 1.